The average Bonchev–Trinajstić information content (AvgIpc) is 2.78. The maximum absolute atomic E-state index is 13.3. The first-order valence-electron chi connectivity index (χ1n) is 6.53. The van der Waals surface area contributed by atoms with E-state index >= 15 is 0 Å². The Hall–Kier alpha value is -1.89. The van der Waals surface area contributed by atoms with E-state index in [2.05, 4.69) is 10.3 Å². The normalized spacial score (nSPS) is 15.1. The fourth-order valence-corrected chi connectivity index (χ4v) is 2.63. The number of benzene rings is 1. The molecular weight excluding hydrogens is 286 g/mol. The summed E-state index contributed by atoms with van der Waals surface area (Å²) < 4.78 is 54.1. The molecule has 2 aromatic rings. The maximum Gasteiger partial charge on any atom is 0.450 e. The highest BCUT2D eigenvalue weighted by atomic mass is 19.4. The third kappa shape index (κ3) is 2.42. The quantitative estimate of drug-likeness (QED) is 0.820. The molecule has 3 nitrogen and oxygen atoms in total. The largest absolute Gasteiger partial charge is 0.450 e. The molecule has 0 spiro atoms. The molecule has 0 unspecified atom stereocenters. The van der Waals surface area contributed by atoms with Gasteiger partial charge in [0.05, 0.1) is 11.4 Å². The maximum atomic E-state index is 13.3. The molecule has 1 aliphatic heterocycles. The number of halogens is 4. The number of hydrogen-bond acceptors (Lipinski definition) is 2. The van der Waals surface area contributed by atoms with Crippen molar-refractivity contribution in [2.75, 3.05) is 6.54 Å². The summed E-state index contributed by atoms with van der Waals surface area (Å²) >= 11 is 0. The van der Waals surface area contributed by atoms with Gasteiger partial charge in [-0.15, -0.1) is 0 Å². The monoisotopic (exact) mass is 299 g/mol. The molecule has 21 heavy (non-hydrogen) atoms. The third-order valence-electron chi connectivity index (χ3n) is 3.54. The number of hydrogen-bond donors (Lipinski definition) is 1. The van der Waals surface area contributed by atoms with Gasteiger partial charge in [-0.05, 0) is 30.7 Å². The molecule has 112 valence electrons. The standard InChI is InChI=1S/C14H13F4N3/c1-8-6-9(15)2-3-11(8)21-12-4-5-19-7-10(12)20-13(21)14(16,17)18/h2-3,6,19H,4-5,7H2,1H3. The van der Waals surface area contributed by atoms with E-state index in [4.69, 9.17) is 0 Å². The van der Waals surface area contributed by atoms with Gasteiger partial charge < -0.3 is 5.32 Å². The number of aryl methyl sites for hydroxylation is 1. The van der Waals surface area contributed by atoms with Crippen molar-refractivity contribution in [3.05, 3.63) is 46.8 Å². The summed E-state index contributed by atoms with van der Waals surface area (Å²) in [6.07, 6.45) is -4.10. The first kappa shape index (κ1) is 14.1. The van der Waals surface area contributed by atoms with E-state index in [1.807, 2.05) is 0 Å². The number of nitrogens with one attached hydrogen (secondary N) is 1. The SMILES string of the molecule is Cc1cc(F)ccc1-n1c(C(F)(F)F)nc2c1CCNC2. The summed E-state index contributed by atoms with van der Waals surface area (Å²) in [5.74, 6) is -1.42. The predicted molar refractivity (Wildman–Crippen MR) is 68.7 cm³/mol. The minimum atomic E-state index is -4.56. The van der Waals surface area contributed by atoms with Crippen LogP contribution in [0.1, 0.15) is 22.8 Å². The molecule has 1 aliphatic rings. The summed E-state index contributed by atoms with van der Waals surface area (Å²) in [5, 5.41) is 3.00. The van der Waals surface area contributed by atoms with Gasteiger partial charge in [-0.3, -0.25) is 4.57 Å². The van der Waals surface area contributed by atoms with Crippen LogP contribution < -0.4 is 5.32 Å². The lowest BCUT2D eigenvalue weighted by molar-refractivity contribution is -0.146. The lowest BCUT2D eigenvalue weighted by Gasteiger charge is -2.18. The molecule has 0 fully saturated rings. The Labute approximate surface area is 118 Å². The molecule has 2 heterocycles. The Morgan fingerprint density at radius 2 is 2.05 bits per heavy atom. The lowest BCUT2D eigenvalue weighted by atomic mass is 10.1. The van der Waals surface area contributed by atoms with Crippen molar-refractivity contribution in [2.45, 2.75) is 26.1 Å². The Morgan fingerprint density at radius 1 is 1.29 bits per heavy atom. The van der Waals surface area contributed by atoms with Gasteiger partial charge in [-0.2, -0.15) is 13.2 Å². The summed E-state index contributed by atoms with van der Waals surface area (Å²) in [4.78, 5) is 3.74. The summed E-state index contributed by atoms with van der Waals surface area (Å²) in [6.45, 7) is 2.49. The molecule has 0 saturated heterocycles. The lowest BCUT2D eigenvalue weighted by Crippen LogP contribution is -2.25. The van der Waals surface area contributed by atoms with E-state index in [0.717, 1.165) is 10.6 Å². The molecule has 0 radical (unpaired) electrons. The van der Waals surface area contributed by atoms with Crippen molar-refractivity contribution in [1.29, 1.82) is 0 Å². The predicted octanol–water partition coefficient (Wildman–Crippen LogP) is 2.98. The molecule has 0 saturated carbocycles. The van der Waals surface area contributed by atoms with Crippen LogP contribution in [-0.4, -0.2) is 16.1 Å². The number of aromatic nitrogens is 2. The number of imidazole rings is 1. The van der Waals surface area contributed by atoms with Gasteiger partial charge in [0.1, 0.15) is 5.82 Å². The van der Waals surface area contributed by atoms with Crippen LogP contribution in [0.3, 0.4) is 0 Å². The van der Waals surface area contributed by atoms with Crippen LogP contribution >= 0.6 is 0 Å². The number of rotatable bonds is 1. The van der Waals surface area contributed by atoms with Crippen LogP contribution in [0.15, 0.2) is 18.2 Å². The second kappa shape index (κ2) is 4.84. The van der Waals surface area contributed by atoms with Gasteiger partial charge in [0.2, 0.25) is 5.82 Å². The highest BCUT2D eigenvalue weighted by Gasteiger charge is 2.39. The van der Waals surface area contributed by atoms with Crippen molar-refractivity contribution in [2.24, 2.45) is 0 Å². The zero-order valence-corrected chi connectivity index (χ0v) is 11.3. The number of alkyl halides is 3. The minimum absolute atomic E-state index is 0.311. The fourth-order valence-electron chi connectivity index (χ4n) is 2.63. The summed E-state index contributed by atoms with van der Waals surface area (Å²) in [6, 6.07) is 3.75. The van der Waals surface area contributed by atoms with E-state index in [0.29, 0.717) is 42.1 Å². The van der Waals surface area contributed by atoms with Gasteiger partial charge in [0.25, 0.3) is 0 Å². The average molecular weight is 299 g/mol. The zero-order chi connectivity index (χ0) is 15.2. The fraction of sp³-hybridized carbons (Fsp3) is 0.357. The highest BCUT2D eigenvalue weighted by Crippen LogP contribution is 2.34. The molecule has 3 rings (SSSR count). The second-order valence-electron chi connectivity index (χ2n) is 5.02. The van der Waals surface area contributed by atoms with Crippen molar-refractivity contribution in [3.8, 4) is 5.69 Å². The van der Waals surface area contributed by atoms with E-state index in [-0.39, 0.29) is 0 Å². The molecule has 0 atom stereocenters. The van der Waals surface area contributed by atoms with E-state index < -0.39 is 17.8 Å². The smallest absolute Gasteiger partial charge is 0.311 e. The van der Waals surface area contributed by atoms with Gasteiger partial charge >= 0.3 is 6.18 Å². The zero-order valence-electron chi connectivity index (χ0n) is 11.3. The van der Waals surface area contributed by atoms with Gasteiger partial charge in [-0.25, -0.2) is 9.37 Å². The van der Waals surface area contributed by atoms with E-state index in [1.54, 1.807) is 6.92 Å². The van der Waals surface area contributed by atoms with Crippen LogP contribution in [0, 0.1) is 12.7 Å². The second-order valence-corrected chi connectivity index (χ2v) is 5.02. The molecule has 0 aliphatic carbocycles. The van der Waals surface area contributed by atoms with Gasteiger partial charge in [0, 0.05) is 25.2 Å². The Bertz CT molecular complexity index is 688. The highest BCUT2D eigenvalue weighted by molar-refractivity contribution is 5.45. The van der Waals surface area contributed by atoms with Crippen LogP contribution in [-0.2, 0) is 19.1 Å². The van der Waals surface area contributed by atoms with Crippen LogP contribution in [0.25, 0.3) is 5.69 Å². The van der Waals surface area contributed by atoms with Crippen molar-refractivity contribution in [1.82, 2.24) is 14.9 Å². The van der Waals surface area contributed by atoms with E-state index in [1.165, 1.54) is 12.1 Å². The number of nitrogens with zero attached hydrogens (tertiary/aromatic N) is 2. The Morgan fingerprint density at radius 3 is 2.71 bits per heavy atom. The number of fused-ring (bicyclic) bond motifs is 1. The van der Waals surface area contributed by atoms with Gasteiger partial charge in [0.15, 0.2) is 0 Å². The molecule has 7 heteroatoms. The summed E-state index contributed by atoms with van der Waals surface area (Å²) in [5.41, 5.74) is 1.70. The molecular formula is C14H13F4N3. The Kier molecular flexibility index (Phi) is 3.24. The third-order valence-corrected chi connectivity index (χ3v) is 3.54. The first-order chi connectivity index (χ1) is 9.88. The van der Waals surface area contributed by atoms with Crippen LogP contribution in [0.4, 0.5) is 17.6 Å². The van der Waals surface area contributed by atoms with E-state index in [9.17, 15) is 17.6 Å². The minimum Gasteiger partial charge on any atom is -0.311 e. The van der Waals surface area contributed by atoms with Crippen LogP contribution in [0.2, 0.25) is 0 Å². The molecule has 1 aromatic carbocycles. The van der Waals surface area contributed by atoms with Gasteiger partial charge in [-0.1, -0.05) is 0 Å². The van der Waals surface area contributed by atoms with Crippen LogP contribution in [0.5, 0.6) is 0 Å². The molecule has 1 aromatic heterocycles. The first-order valence-corrected chi connectivity index (χ1v) is 6.53. The van der Waals surface area contributed by atoms with Crippen molar-refractivity contribution < 1.29 is 17.6 Å². The van der Waals surface area contributed by atoms with Crippen molar-refractivity contribution in [3.63, 3.8) is 0 Å². The molecule has 0 bridgehead atoms. The Balaban J connectivity index is 2.27. The molecule has 1 N–H and O–H groups in total. The topological polar surface area (TPSA) is 29.9 Å². The van der Waals surface area contributed by atoms with Crippen molar-refractivity contribution >= 4 is 0 Å². The molecule has 0 amide bonds. The summed E-state index contributed by atoms with van der Waals surface area (Å²) in [7, 11) is 0.